The van der Waals surface area contributed by atoms with Crippen molar-refractivity contribution in [3.8, 4) is 11.8 Å². The van der Waals surface area contributed by atoms with E-state index >= 15 is 0 Å². The van der Waals surface area contributed by atoms with Crippen LogP contribution in [0.25, 0.3) is 0 Å². The van der Waals surface area contributed by atoms with E-state index in [0.717, 1.165) is 0 Å². The highest BCUT2D eigenvalue weighted by Crippen LogP contribution is 2.19. The Morgan fingerprint density at radius 1 is 1.48 bits per heavy atom. The van der Waals surface area contributed by atoms with E-state index in [9.17, 15) is 14.0 Å². The quantitative estimate of drug-likeness (QED) is 0.848. The van der Waals surface area contributed by atoms with Crippen LogP contribution in [-0.2, 0) is 4.79 Å². The van der Waals surface area contributed by atoms with Gasteiger partial charge in [-0.2, -0.15) is 0 Å². The molecular weight excluding hydrogens is 295 g/mol. The summed E-state index contributed by atoms with van der Waals surface area (Å²) in [6, 6.07) is 3.71. The Kier molecular flexibility index (Phi) is 4.81. The monoisotopic (exact) mass is 308 g/mol. The third kappa shape index (κ3) is 3.73. The molecule has 2 amide bonds. The van der Waals surface area contributed by atoms with Crippen molar-refractivity contribution in [3.63, 3.8) is 0 Å². The fourth-order valence-corrected chi connectivity index (χ4v) is 2.40. The van der Waals surface area contributed by atoms with Crippen molar-refractivity contribution in [1.29, 1.82) is 0 Å². The van der Waals surface area contributed by atoms with Gasteiger partial charge in [-0.1, -0.05) is 17.5 Å². The van der Waals surface area contributed by atoms with E-state index in [4.69, 9.17) is 11.6 Å². The van der Waals surface area contributed by atoms with E-state index in [1.54, 1.807) is 6.92 Å². The number of hydrogen-bond acceptors (Lipinski definition) is 2. The molecular formula is C15H14ClFN2O2. The third-order valence-corrected chi connectivity index (χ3v) is 3.44. The predicted molar refractivity (Wildman–Crippen MR) is 77.3 cm³/mol. The van der Waals surface area contributed by atoms with Crippen LogP contribution in [0.15, 0.2) is 18.2 Å². The van der Waals surface area contributed by atoms with E-state index in [1.807, 2.05) is 0 Å². The fraction of sp³-hybridized carbons (Fsp3) is 0.333. The Balaban J connectivity index is 2.03. The molecule has 1 aliphatic rings. The standard InChI is InChI=1S/C15H14ClFN2O2/c1-2-3-14(20)18-11-6-7-19(9-11)15(21)12-8-10(16)4-5-13(12)17/h4-5,8,11H,6-7,9H2,1H3,(H,18,20). The average Bonchev–Trinajstić information content (AvgIpc) is 2.89. The molecule has 6 heteroatoms. The number of likely N-dealkylation sites (tertiary alicyclic amines) is 1. The van der Waals surface area contributed by atoms with E-state index < -0.39 is 11.7 Å². The minimum absolute atomic E-state index is 0.0529. The third-order valence-electron chi connectivity index (χ3n) is 3.21. The number of halogens is 2. The molecule has 0 aliphatic carbocycles. The minimum Gasteiger partial charge on any atom is -0.341 e. The maximum absolute atomic E-state index is 13.7. The summed E-state index contributed by atoms with van der Waals surface area (Å²) in [7, 11) is 0. The molecule has 1 aromatic rings. The van der Waals surface area contributed by atoms with Crippen LogP contribution in [0.3, 0.4) is 0 Å². The second-order valence-corrected chi connectivity index (χ2v) is 5.15. The van der Waals surface area contributed by atoms with Crippen LogP contribution in [0.4, 0.5) is 4.39 Å². The zero-order valence-electron chi connectivity index (χ0n) is 11.5. The highest BCUT2D eigenvalue weighted by molar-refractivity contribution is 6.31. The second kappa shape index (κ2) is 6.59. The molecule has 110 valence electrons. The first-order valence-corrected chi connectivity index (χ1v) is 6.86. The van der Waals surface area contributed by atoms with Crippen LogP contribution < -0.4 is 5.32 Å². The van der Waals surface area contributed by atoms with E-state index in [1.165, 1.54) is 23.1 Å². The molecule has 1 heterocycles. The number of nitrogens with one attached hydrogen (secondary N) is 1. The molecule has 1 saturated heterocycles. The van der Waals surface area contributed by atoms with Gasteiger partial charge in [-0.25, -0.2) is 4.39 Å². The van der Waals surface area contributed by atoms with Crippen LogP contribution in [0.5, 0.6) is 0 Å². The Bertz CT molecular complexity index is 636. The van der Waals surface area contributed by atoms with Gasteiger partial charge in [0.2, 0.25) is 0 Å². The minimum atomic E-state index is -0.603. The number of rotatable bonds is 2. The predicted octanol–water partition coefficient (Wildman–Crippen LogP) is 1.83. The van der Waals surface area contributed by atoms with Gasteiger partial charge in [0.1, 0.15) is 5.82 Å². The van der Waals surface area contributed by atoms with Crippen molar-refractivity contribution in [1.82, 2.24) is 10.2 Å². The summed E-state index contributed by atoms with van der Waals surface area (Å²) in [6.07, 6.45) is 0.616. The number of benzene rings is 1. The summed E-state index contributed by atoms with van der Waals surface area (Å²) in [5, 5.41) is 3.02. The molecule has 1 unspecified atom stereocenters. The molecule has 1 aromatic carbocycles. The maximum Gasteiger partial charge on any atom is 0.296 e. The van der Waals surface area contributed by atoms with Crippen molar-refractivity contribution < 1.29 is 14.0 Å². The van der Waals surface area contributed by atoms with Gasteiger partial charge in [-0.05, 0) is 37.5 Å². The molecule has 0 spiro atoms. The molecule has 4 nitrogen and oxygen atoms in total. The van der Waals surface area contributed by atoms with E-state index in [0.29, 0.717) is 24.5 Å². The van der Waals surface area contributed by atoms with Gasteiger partial charge in [0.15, 0.2) is 0 Å². The lowest BCUT2D eigenvalue weighted by Crippen LogP contribution is -2.38. The number of hydrogen-bond donors (Lipinski definition) is 1. The smallest absolute Gasteiger partial charge is 0.296 e. The Labute approximate surface area is 127 Å². The van der Waals surface area contributed by atoms with Crippen LogP contribution in [0, 0.1) is 17.7 Å². The van der Waals surface area contributed by atoms with Crippen molar-refractivity contribution in [2.45, 2.75) is 19.4 Å². The Hall–Kier alpha value is -2.06. The molecule has 0 radical (unpaired) electrons. The first-order valence-electron chi connectivity index (χ1n) is 6.49. The highest BCUT2D eigenvalue weighted by Gasteiger charge is 2.29. The van der Waals surface area contributed by atoms with Gasteiger partial charge in [-0.15, -0.1) is 0 Å². The summed E-state index contributed by atoms with van der Waals surface area (Å²) < 4.78 is 13.7. The number of carbonyl (C=O) groups is 2. The number of amides is 2. The maximum atomic E-state index is 13.7. The summed E-state index contributed by atoms with van der Waals surface area (Å²) in [5.74, 6) is 3.50. The second-order valence-electron chi connectivity index (χ2n) is 4.71. The largest absolute Gasteiger partial charge is 0.341 e. The first-order chi connectivity index (χ1) is 10.0. The molecule has 1 N–H and O–H groups in total. The first kappa shape index (κ1) is 15.3. The van der Waals surface area contributed by atoms with E-state index in [2.05, 4.69) is 17.2 Å². The lowest BCUT2D eigenvalue weighted by molar-refractivity contribution is -0.116. The fourth-order valence-electron chi connectivity index (χ4n) is 2.23. The van der Waals surface area contributed by atoms with Crippen molar-refractivity contribution in [2.75, 3.05) is 13.1 Å². The van der Waals surface area contributed by atoms with Gasteiger partial charge < -0.3 is 10.2 Å². The summed E-state index contributed by atoms with van der Waals surface area (Å²) >= 11 is 5.79. The van der Waals surface area contributed by atoms with Gasteiger partial charge in [-0.3, -0.25) is 9.59 Å². The van der Waals surface area contributed by atoms with Gasteiger partial charge in [0.05, 0.1) is 5.56 Å². The van der Waals surface area contributed by atoms with Gasteiger partial charge >= 0.3 is 0 Å². The molecule has 21 heavy (non-hydrogen) atoms. The van der Waals surface area contributed by atoms with Gasteiger partial charge in [0.25, 0.3) is 11.8 Å². The van der Waals surface area contributed by atoms with Crippen LogP contribution in [0.2, 0.25) is 5.02 Å². The van der Waals surface area contributed by atoms with Crippen LogP contribution in [-0.4, -0.2) is 35.8 Å². The zero-order chi connectivity index (χ0) is 15.4. The number of carbonyl (C=O) groups excluding carboxylic acids is 2. The molecule has 1 atom stereocenters. The molecule has 0 bridgehead atoms. The summed E-state index contributed by atoms with van der Waals surface area (Å²) in [4.78, 5) is 25.1. The molecule has 2 rings (SSSR count). The molecule has 1 fully saturated rings. The Morgan fingerprint density at radius 3 is 2.95 bits per heavy atom. The number of nitrogens with zero attached hydrogens (tertiary/aromatic N) is 1. The van der Waals surface area contributed by atoms with Crippen molar-refractivity contribution in [3.05, 3.63) is 34.6 Å². The normalized spacial score (nSPS) is 17.1. The molecule has 0 saturated carbocycles. The summed E-state index contributed by atoms with van der Waals surface area (Å²) in [5.41, 5.74) is -0.0529. The van der Waals surface area contributed by atoms with Crippen molar-refractivity contribution in [2.24, 2.45) is 0 Å². The van der Waals surface area contributed by atoms with Gasteiger partial charge in [0, 0.05) is 24.2 Å². The van der Waals surface area contributed by atoms with Crippen LogP contribution >= 0.6 is 11.6 Å². The molecule has 1 aliphatic heterocycles. The topological polar surface area (TPSA) is 49.4 Å². The zero-order valence-corrected chi connectivity index (χ0v) is 12.2. The lowest BCUT2D eigenvalue weighted by atomic mass is 10.2. The highest BCUT2D eigenvalue weighted by atomic mass is 35.5. The average molecular weight is 309 g/mol. The summed E-state index contributed by atoms with van der Waals surface area (Å²) in [6.45, 7) is 2.36. The molecule has 0 aromatic heterocycles. The Morgan fingerprint density at radius 2 is 2.24 bits per heavy atom. The van der Waals surface area contributed by atoms with Crippen LogP contribution in [0.1, 0.15) is 23.7 Å². The van der Waals surface area contributed by atoms with Crippen molar-refractivity contribution >= 4 is 23.4 Å². The van der Waals surface area contributed by atoms with E-state index in [-0.39, 0.29) is 17.5 Å². The lowest BCUT2D eigenvalue weighted by Gasteiger charge is -2.17. The SMILES string of the molecule is CC#CC(=O)NC1CCN(C(=O)c2cc(Cl)ccc2F)C1.